The zero-order valence-corrected chi connectivity index (χ0v) is 9.03. The summed E-state index contributed by atoms with van der Waals surface area (Å²) in [6.45, 7) is 4.27. The van der Waals surface area contributed by atoms with Gasteiger partial charge in [0.1, 0.15) is 0 Å². The Labute approximate surface area is 83.4 Å². The maximum Gasteiger partial charge on any atom is 0.0937 e. The van der Waals surface area contributed by atoms with Crippen LogP contribution in [-0.4, -0.2) is 5.11 Å². The van der Waals surface area contributed by atoms with Crippen molar-refractivity contribution in [3.8, 4) is 0 Å². The summed E-state index contributed by atoms with van der Waals surface area (Å²) >= 11 is 1.73. The lowest BCUT2D eigenvalue weighted by atomic mass is 9.95. The molecule has 1 nitrogen and oxygen atoms in total. The van der Waals surface area contributed by atoms with Gasteiger partial charge in [-0.05, 0) is 38.3 Å². The first-order chi connectivity index (χ1) is 6.18. The molecule has 0 radical (unpaired) electrons. The molecule has 1 saturated carbocycles. The second kappa shape index (κ2) is 3.10. The minimum absolute atomic E-state index is 0.212. The van der Waals surface area contributed by atoms with Crippen molar-refractivity contribution in [1.82, 2.24) is 0 Å². The van der Waals surface area contributed by atoms with Gasteiger partial charge in [-0.1, -0.05) is 6.92 Å². The van der Waals surface area contributed by atoms with Gasteiger partial charge in [0, 0.05) is 15.2 Å². The van der Waals surface area contributed by atoms with E-state index in [-0.39, 0.29) is 11.5 Å². The molecule has 1 heterocycles. The average Bonchev–Trinajstić information content (AvgIpc) is 2.82. The van der Waals surface area contributed by atoms with Gasteiger partial charge in [-0.3, -0.25) is 0 Å². The van der Waals surface area contributed by atoms with E-state index in [0.29, 0.717) is 0 Å². The highest BCUT2D eigenvalue weighted by Crippen LogP contribution is 2.58. The third-order valence-electron chi connectivity index (χ3n) is 3.21. The van der Waals surface area contributed by atoms with Crippen molar-refractivity contribution in [2.45, 2.75) is 39.2 Å². The van der Waals surface area contributed by atoms with E-state index in [0.717, 1.165) is 11.3 Å². The van der Waals surface area contributed by atoms with Crippen molar-refractivity contribution < 1.29 is 5.11 Å². The molecule has 1 aromatic heterocycles. The fourth-order valence-electron chi connectivity index (χ4n) is 1.88. The summed E-state index contributed by atoms with van der Waals surface area (Å²) in [4.78, 5) is 2.44. The number of aryl methyl sites for hydroxylation is 1. The summed E-state index contributed by atoms with van der Waals surface area (Å²) in [7, 11) is 0. The number of aliphatic hydroxyl groups excluding tert-OH is 1. The van der Waals surface area contributed by atoms with Crippen LogP contribution in [0.5, 0.6) is 0 Å². The quantitative estimate of drug-likeness (QED) is 0.786. The van der Waals surface area contributed by atoms with Crippen molar-refractivity contribution in [2.24, 2.45) is 5.41 Å². The molecule has 0 aliphatic heterocycles. The number of thiophene rings is 1. The van der Waals surface area contributed by atoms with Crippen LogP contribution < -0.4 is 0 Å². The molecule has 0 bridgehead atoms. The van der Waals surface area contributed by atoms with Crippen LogP contribution in [0.25, 0.3) is 0 Å². The van der Waals surface area contributed by atoms with E-state index >= 15 is 0 Å². The molecule has 72 valence electrons. The highest BCUT2D eigenvalue weighted by molar-refractivity contribution is 7.12. The fourth-order valence-corrected chi connectivity index (χ4v) is 2.89. The van der Waals surface area contributed by atoms with Crippen LogP contribution in [0, 0.1) is 12.3 Å². The Kier molecular flexibility index (Phi) is 2.20. The summed E-state index contributed by atoms with van der Waals surface area (Å²) < 4.78 is 0. The van der Waals surface area contributed by atoms with E-state index in [4.69, 9.17) is 0 Å². The Bertz CT molecular complexity index is 299. The Morgan fingerprint density at radius 1 is 1.54 bits per heavy atom. The summed E-state index contributed by atoms with van der Waals surface area (Å²) in [6, 6.07) is 4.16. The van der Waals surface area contributed by atoms with Gasteiger partial charge in [0.25, 0.3) is 0 Å². The summed E-state index contributed by atoms with van der Waals surface area (Å²) in [5, 5.41) is 10.1. The zero-order chi connectivity index (χ0) is 9.47. The lowest BCUT2D eigenvalue weighted by Gasteiger charge is -2.18. The van der Waals surface area contributed by atoms with Crippen LogP contribution in [-0.2, 0) is 0 Å². The standard InChI is InChI=1S/C11H16OS/c1-3-11(6-7-11)10(12)9-5-4-8(2)13-9/h4-5,10,12H,3,6-7H2,1-2H3. The van der Waals surface area contributed by atoms with Crippen molar-refractivity contribution in [3.05, 3.63) is 21.9 Å². The van der Waals surface area contributed by atoms with Crippen LogP contribution in [0.4, 0.5) is 0 Å². The van der Waals surface area contributed by atoms with Crippen molar-refractivity contribution in [3.63, 3.8) is 0 Å². The van der Waals surface area contributed by atoms with Crippen LogP contribution in [0.3, 0.4) is 0 Å². The molecule has 2 heteroatoms. The monoisotopic (exact) mass is 196 g/mol. The average molecular weight is 196 g/mol. The summed E-state index contributed by atoms with van der Waals surface area (Å²) in [6.07, 6.45) is 3.28. The van der Waals surface area contributed by atoms with Crippen LogP contribution in [0.15, 0.2) is 12.1 Å². The van der Waals surface area contributed by atoms with Crippen LogP contribution >= 0.6 is 11.3 Å². The van der Waals surface area contributed by atoms with Gasteiger partial charge in [0.05, 0.1) is 6.10 Å². The first kappa shape index (κ1) is 9.22. The highest BCUT2D eigenvalue weighted by Gasteiger charge is 2.48. The molecular formula is C11H16OS. The molecule has 0 spiro atoms. The van der Waals surface area contributed by atoms with E-state index in [9.17, 15) is 5.11 Å². The normalized spacial score (nSPS) is 21.5. The summed E-state index contributed by atoms with van der Waals surface area (Å²) in [5.41, 5.74) is 0.233. The predicted octanol–water partition coefficient (Wildman–Crippen LogP) is 3.28. The lowest BCUT2D eigenvalue weighted by Crippen LogP contribution is -2.10. The molecule has 13 heavy (non-hydrogen) atoms. The van der Waals surface area contributed by atoms with E-state index < -0.39 is 0 Å². The number of hydrogen-bond acceptors (Lipinski definition) is 2. The minimum atomic E-state index is -0.212. The molecule has 1 aliphatic rings. The minimum Gasteiger partial charge on any atom is -0.387 e. The zero-order valence-electron chi connectivity index (χ0n) is 8.21. The molecule has 2 rings (SSSR count). The molecule has 0 aromatic carbocycles. The molecule has 0 amide bonds. The number of aliphatic hydroxyl groups is 1. The van der Waals surface area contributed by atoms with Crippen molar-refractivity contribution >= 4 is 11.3 Å². The van der Waals surface area contributed by atoms with E-state index in [2.05, 4.69) is 26.0 Å². The van der Waals surface area contributed by atoms with Crippen LogP contribution in [0.2, 0.25) is 0 Å². The van der Waals surface area contributed by atoms with E-state index in [1.165, 1.54) is 17.7 Å². The third-order valence-corrected chi connectivity index (χ3v) is 4.26. The molecule has 1 aliphatic carbocycles. The first-order valence-corrected chi connectivity index (χ1v) is 5.74. The number of hydrogen-bond donors (Lipinski definition) is 1. The summed E-state index contributed by atoms with van der Waals surface area (Å²) in [5.74, 6) is 0. The SMILES string of the molecule is CCC1(C(O)c2ccc(C)s2)CC1. The van der Waals surface area contributed by atoms with E-state index in [1.807, 2.05) is 0 Å². The Hall–Kier alpha value is -0.340. The van der Waals surface area contributed by atoms with Crippen molar-refractivity contribution in [2.75, 3.05) is 0 Å². The second-order valence-electron chi connectivity index (χ2n) is 4.07. The Morgan fingerprint density at radius 2 is 2.23 bits per heavy atom. The Balaban J connectivity index is 2.17. The predicted molar refractivity (Wildman–Crippen MR) is 56.0 cm³/mol. The van der Waals surface area contributed by atoms with Crippen molar-refractivity contribution in [1.29, 1.82) is 0 Å². The second-order valence-corrected chi connectivity index (χ2v) is 5.39. The molecular weight excluding hydrogens is 180 g/mol. The maximum atomic E-state index is 10.1. The van der Waals surface area contributed by atoms with Gasteiger partial charge < -0.3 is 5.11 Å². The molecule has 1 N–H and O–H groups in total. The molecule has 0 saturated heterocycles. The van der Waals surface area contributed by atoms with Gasteiger partial charge in [0.15, 0.2) is 0 Å². The van der Waals surface area contributed by atoms with Gasteiger partial charge in [-0.15, -0.1) is 11.3 Å². The van der Waals surface area contributed by atoms with E-state index in [1.54, 1.807) is 11.3 Å². The van der Waals surface area contributed by atoms with Crippen LogP contribution in [0.1, 0.15) is 42.0 Å². The molecule has 1 fully saturated rings. The Morgan fingerprint density at radius 3 is 2.62 bits per heavy atom. The fraction of sp³-hybridized carbons (Fsp3) is 0.636. The smallest absolute Gasteiger partial charge is 0.0937 e. The third kappa shape index (κ3) is 1.53. The number of rotatable bonds is 3. The van der Waals surface area contributed by atoms with Gasteiger partial charge in [-0.2, -0.15) is 0 Å². The first-order valence-electron chi connectivity index (χ1n) is 4.92. The van der Waals surface area contributed by atoms with Gasteiger partial charge in [-0.25, -0.2) is 0 Å². The molecule has 1 aromatic rings. The highest BCUT2D eigenvalue weighted by atomic mass is 32.1. The lowest BCUT2D eigenvalue weighted by molar-refractivity contribution is 0.0935. The molecule has 1 unspecified atom stereocenters. The maximum absolute atomic E-state index is 10.1. The van der Waals surface area contributed by atoms with Gasteiger partial charge >= 0.3 is 0 Å². The van der Waals surface area contributed by atoms with Gasteiger partial charge in [0.2, 0.25) is 0 Å². The molecule has 1 atom stereocenters. The topological polar surface area (TPSA) is 20.2 Å². The largest absolute Gasteiger partial charge is 0.387 e.